The minimum absolute atomic E-state index is 0.171. The predicted octanol–water partition coefficient (Wildman–Crippen LogP) is 0.761. The van der Waals surface area contributed by atoms with Crippen LogP contribution in [0.25, 0.3) is 0 Å². The molecule has 2 unspecified atom stereocenters. The number of carbonyl (C=O) groups is 2. The van der Waals surface area contributed by atoms with Crippen LogP contribution in [-0.2, 0) is 9.59 Å². The lowest BCUT2D eigenvalue weighted by Gasteiger charge is -2.20. The summed E-state index contributed by atoms with van der Waals surface area (Å²) in [7, 11) is 0. The Bertz CT molecular complexity index is 329. The van der Waals surface area contributed by atoms with Crippen LogP contribution < -0.4 is 11.1 Å². The minimum atomic E-state index is -0.969. The van der Waals surface area contributed by atoms with E-state index < -0.39 is 17.5 Å². The largest absolute Gasteiger partial charge is 0.368 e. The number of azo groups is 1. The minimum Gasteiger partial charge on any atom is -0.368 e. The number of hydrogen-bond acceptors (Lipinski definition) is 4. The van der Waals surface area contributed by atoms with Crippen molar-refractivity contribution in [3.05, 3.63) is 0 Å². The van der Waals surface area contributed by atoms with E-state index in [0.29, 0.717) is 19.4 Å². The molecule has 0 aromatic rings. The van der Waals surface area contributed by atoms with E-state index >= 15 is 0 Å². The number of amides is 2. The highest BCUT2D eigenvalue weighted by atomic mass is 16.2. The second kappa shape index (κ2) is 5.75. The molecule has 17 heavy (non-hydrogen) atoms. The van der Waals surface area contributed by atoms with Crippen molar-refractivity contribution in [3.8, 4) is 0 Å². The maximum absolute atomic E-state index is 11.7. The molecule has 0 aliphatic carbocycles. The van der Waals surface area contributed by atoms with Crippen molar-refractivity contribution in [1.29, 1.82) is 0 Å². The number of hydrogen-bond donors (Lipinski definition) is 2. The fourth-order valence-electron chi connectivity index (χ4n) is 1.93. The Labute approximate surface area is 101 Å². The lowest BCUT2D eigenvalue weighted by atomic mass is 9.88. The first-order chi connectivity index (χ1) is 8.05. The van der Waals surface area contributed by atoms with E-state index in [1.165, 1.54) is 0 Å². The van der Waals surface area contributed by atoms with Crippen LogP contribution in [0.1, 0.15) is 39.5 Å². The average Bonchev–Trinajstić information content (AvgIpc) is 2.72. The first kappa shape index (κ1) is 13.6. The monoisotopic (exact) mass is 240 g/mol. The number of nitrogens with zero attached hydrogens (tertiary/aromatic N) is 2. The molecule has 0 radical (unpaired) electrons. The standard InChI is InChI=1S/C11H20N4O2/c1-3-5-11(10(12)17)7-8(14-15-11)9(16)13-6-4-2/h8H,3-7H2,1-2H3,(H2,12,17)(H,13,16). The number of nitrogens with one attached hydrogen (secondary N) is 1. The van der Waals surface area contributed by atoms with Crippen LogP contribution in [0.5, 0.6) is 0 Å². The molecule has 2 atom stereocenters. The van der Waals surface area contributed by atoms with Crippen LogP contribution in [0.15, 0.2) is 10.2 Å². The third-order valence-electron chi connectivity index (χ3n) is 2.89. The third kappa shape index (κ3) is 3.01. The van der Waals surface area contributed by atoms with Gasteiger partial charge in [-0.3, -0.25) is 9.59 Å². The van der Waals surface area contributed by atoms with E-state index in [0.717, 1.165) is 12.8 Å². The topological polar surface area (TPSA) is 96.9 Å². The molecule has 96 valence electrons. The molecule has 3 N–H and O–H groups in total. The Hall–Kier alpha value is -1.46. The second-order valence-electron chi connectivity index (χ2n) is 4.37. The van der Waals surface area contributed by atoms with Gasteiger partial charge in [-0.05, 0) is 12.8 Å². The van der Waals surface area contributed by atoms with Crippen molar-refractivity contribution >= 4 is 11.8 Å². The van der Waals surface area contributed by atoms with Crippen molar-refractivity contribution in [2.45, 2.75) is 51.1 Å². The Morgan fingerprint density at radius 1 is 1.41 bits per heavy atom. The van der Waals surface area contributed by atoms with Crippen molar-refractivity contribution in [2.24, 2.45) is 16.0 Å². The van der Waals surface area contributed by atoms with Gasteiger partial charge in [-0.15, -0.1) is 0 Å². The Kier molecular flexibility index (Phi) is 4.60. The summed E-state index contributed by atoms with van der Waals surface area (Å²) >= 11 is 0. The molecule has 6 heteroatoms. The summed E-state index contributed by atoms with van der Waals surface area (Å²) < 4.78 is 0. The zero-order chi connectivity index (χ0) is 12.9. The van der Waals surface area contributed by atoms with Crippen molar-refractivity contribution in [2.75, 3.05) is 6.54 Å². The quantitative estimate of drug-likeness (QED) is 0.716. The summed E-state index contributed by atoms with van der Waals surface area (Å²) in [5.41, 5.74) is 4.39. The van der Waals surface area contributed by atoms with E-state index in [4.69, 9.17) is 5.73 Å². The van der Waals surface area contributed by atoms with Crippen molar-refractivity contribution < 1.29 is 9.59 Å². The molecular formula is C11H20N4O2. The summed E-state index contributed by atoms with van der Waals surface area (Å²) in [6, 6.07) is -0.569. The highest BCUT2D eigenvalue weighted by Gasteiger charge is 2.44. The smallest absolute Gasteiger partial charge is 0.247 e. The molecule has 1 rings (SSSR count). The van der Waals surface area contributed by atoms with E-state index in [1.54, 1.807) is 0 Å². The molecule has 0 aromatic carbocycles. The zero-order valence-corrected chi connectivity index (χ0v) is 10.4. The first-order valence-electron chi connectivity index (χ1n) is 6.05. The molecule has 0 bridgehead atoms. The highest BCUT2D eigenvalue weighted by molar-refractivity contribution is 5.88. The molecule has 1 heterocycles. The van der Waals surface area contributed by atoms with Gasteiger partial charge in [0.2, 0.25) is 11.8 Å². The van der Waals surface area contributed by atoms with Gasteiger partial charge in [0.1, 0.15) is 0 Å². The van der Waals surface area contributed by atoms with Gasteiger partial charge in [0.15, 0.2) is 11.6 Å². The maximum Gasteiger partial charge on any atom is 0.247 e. The molecule has 1 aliphatic rings. The lowest BCUT2D eigenvalue weighted by Crippen LogP contribution is -2.44. The van der Waals surface area contributed by atoms with Crippen LogP contribution in [0.3, 0.4) is 0 Å². The molecule has 0 saturated carbocycles. The Morgan fingerprint density at radius 3 is 2.65 bits per heavy atom. The summed E-state index contributed by atoms with van der Waals surface area (Å²) in [5.74, 6) is -0.663. The Morgan fingerprint density at radius 2 is 2.12 bits per heavy atom. The fraction of sp³-hybridized carbons (Fsp3) is 0.818. The van der Waals surface area contributed by atoms with E-state index in [-0.39, 0.29) is 5.91 Å². The molecular weight excluding hydrogens is 220 g/mol. The molecule has 0 fully saturated rings. The van der Waals surface area contributed by atoms with Gasteiger partial charge in [-0.1, -0.05) is 20.3 Å². The van der Waals surface area contributed by atoms with Crippen molar-refractivity contribution in [3.63, 3.8) is 0 Å². The van der Waals surface area contributed by atoms with Crippen LogP contribution in [0, 0.1) is 0 Å². The van der Waals surface area contributed by atoms with Crippen LogP contribution >= 0.6 is 0 Å². The van der Waals surface area contributed by atoms with Crippen molar-refractivity contribution in [1.82, 2.24) is 5.32 Å². The lowest BCUT2D eigenvalue weighted by molar-refractivity contribution is -0.124. The second-order valence-corrected chi connectivity index (χ2v) is 4.37. The van der Waals surface area contributed by atoms with Crippen LogP contribution in [0.2, 0.25) is 0 Å². The number of carbonyl (C=O) groups excluding carboxylic acids is 2. The summed E-state index contributed by atoms with van der Waals surface area (Å²) in [4.78, 5) is 23.1. The van der Waals surface area contributed by atoms with Crippen LogP contribution in [0.4, 0.5) is 0 Å². The van der Waals surface area contributed by atoms with E-state index in [2.05, 4.69) is 15.5 Å². The molecule has 0 spiro atoms. The highest BCUT2D eigenvalue weighted by Crippen LogP contribution is 2.31. The SMILES string of the molecule is CCCNC(=O)C1CC(CCC)(C(N)=O)N=N1. The molecule has 1 aliphatic heterocycles. The van der Waals surface area contributed by atoms with Gasteiger partial charge in [-0.25, -0.2) is 0 Å². The number of rotatable bonds is 6. The predicted molar refractivity (Wildman–Crippen MR) is 63.4 cm³/mol. The number of primary amides is 1. The summed E-state index contributed by atoms with van der Waals surface area (Å²) in [6.45, 7) is 4.54. The van der Waals surface area contributed by atoms with E-state index in [1.807, 2.05) is 13.8 Å². The average molecular weight is 240 g/mol. The third-order valence-corrected chi connectivity index (χ3v) is 2.89. The van der Waals surface area contributed by atoms with Crippen LogP contribution in [-0.4, -0.2) is 29.9 Å². The summed E-state index contributed by atoms with van der Waals surface area (Å²) in [6.07, 6.45) is 2.49. The number of nitrogens with two attached hydrogens (primary N) is 1. The van der Waals surface area contributed by atoms with Gasteiger partial charge in [0.25, 0.3) is 0 Å². The first-order valence-corrected chi connectivity index (χ1v) is 6.05. The van der Waals surface area contributed by atoms with Gasteiger partial charge in [0, 0.05) is 13.0 Å². The zero-order valence-electron chi connectivity index (χ0n) is 10.4. The van der Waals surface area contributed by atoms with Gasteiger partial charge >= 0.3 is 0 Å². The van der Waals surface area contributed by atoms with E-state index in [9.17, 15) is 9.59 Å². The van der Waals surface area contributed by atoms with Gasteiger partial charge < -0.3 is 11.1 Å². The molecule has 2 amide bonds. The van der Waals surface area contributed by atoms with Gasteiger partial charge in [0.05, 0.1) is 0 Å². The normalized spacial score (nSPS) is 27.1. The molecule has 0 saturated heterocycles. The van der Waals surface area contributed by atoms with Gasteiger partial charge in [-0.2, -0.15) is 10.2 Å². The fourth-order valence-corrected chi connectivity index (χ4v) is 1.93. The summed E-state index contributed by atoms with van der Waals surface area (Å²) in [5, 5.41) is 10.6. The Balaban J connectivity index is 2.64. The molecule has 6 nitrogen and oxygen atoms in total. The maximum atomic E-state index is 11.7. The molecule has 0 aromatic heterocycles.